The van der Waals surface area contributed by atoms with Crippen molar-refractivity contribution in [2.75, 3.05) is 13.1 Å². The van der Waals surface area contributed by atoms with Gasteiger partial charge in [-0.2, -0.15) is 5.10 Å². The van der Waals surface area contributed by atoms with Crippen molar-refractivity contribution >= 4 is 0 Å². The number of nitrogens with zero attached hydrogens (tertiary/aromatic N) is 3. The van der Waals surface area contributed by atoms with Crippen LogP contribution < -0.4 is 5.73 Å². The number of hydrogen-bond acceptors (Lipinski definition) is 3. The molecule has 2 rings (SSSR count). The number of hydrogen-bond donors (Lipinski definition) is 1. The highest BCUT2D eigenvalue weighted by Gasteiger charge is 2.28. The van der Waals surface area contributed by atoms with Gasteiger partial charge in [-0.05, 0) is 39.3 Å². The fourth-order valence-corrected chi connectivity index (χ4v) is 2.02. The van der Waals surface area contributed by atoms with E-state index in [1.54, 1.807) is 0 Å². The smallest absolute Gasteiger partial charge is 0.0534 e. The summed E-state index contributed by atoms with van der Waals surface area (Å²) in [6.07, 6.45) is 7.94. The molecule has 1 aliphatic rings. The molecule has 1 aromatic rings. The van der Waals surface area contributed by atoms with E-state index in [1.165, 1.54) is 18.4 Å². The minimum atomic E-state index is 0.789. The van der Waals surface area contributed by atoms with Gasteiger partial charge in [-0.3, -0.25) is 9.58 Å². The Hall–Kier alpha value is -0.870. The van der Waals surface area contributed by atoms with Crippen molar-refractivity contribution in [2.45, 2.75) is 45.3 Å². The molecule has 0 unspecified atom stereocenters. The van der Waals surface area contributed by atoms with E-state index in [2.05, 4.69) is 23.1 Å². The maximum Gasteiger partial charge on any atom is 0.0534 e. The standard InChI is InChI=1S/C12H22N4/c1-2-16-10-11(8-14-16)9-15(7-3-6-13)12-4-5-12/h8,10,12H,2-7,9,13H2,1H3. The van der Waals surface area contributed by atoms with Crippen LogP contribution in [-0.2, 0) is 13.1 Å². The molecule has 0 aromatic carbocycles. The van der Waals surface area contributed by atoms with Gasteiger partial charge in [-0.1, -0.05) is 0 Å². The van der Waals surface area contributed by atoms with Crippen molar-refractivity contribution in [3.63, 3.8) is 0 Å². The predicted octanol–water partition coefficient (Wildman–Crippen LogP) is 1.22. The summed E-state index contributed by atoms with van der Waals surface area (Å²) in [6, 6.07) is 0.802. The fraction of sp³-hybridized carbons (Fsp3) is 0.750. The first-order chi connectivity index (χ1) is 7.83. The molecule has 0 bridgehead atoms. The molecule has 16 heavy (non-hydrogen) atoms. The Labute approximate surface area is 97.4 Å². The average Bonchev–Trinajstić information content (AvgIpc) is 3.05. The molecule has 4 nitrogen and oxygen atoms in total. The SMILES string of the molecule is CCn1cc(CN(CCCN)C2CC2)cn1. The summed E-state index contributed by atoms with van der Waals surface area (Å²) in [6.45, 7) is 6.01. The molecule has 90 valence electrons. The minimum Gasteiger partial charge on any atom is -0.330 e. The zero-order valence-corrected chi connectivity index (χ0v) is 10.1. The maximum atomic E-state index is 5.57. The zero-order chi connectivity index (χ0) is 11.4. The summed E-state index contributed by atoms with van der Waals surface area (Å²) < 4.78 is 1.99. The normalized spacial score (nSPS) is 15.9. The highest BCUT2D eigenvalue weighted by molar-refractivity contribution is 5.05. The quantitative estimate of drug-likeness (QED) is 0.754. The molecule has 0 atom stereocenters. The molecule has 0 aliphatic heterocycles. The summed E-state index contributed by atoms with van der Waals surface area (Å²) in [4.78, 5) is 2.55. The molecule has 4 heteroatoms. The van der Waals surface area contributed by atoms with Crippen molar-refractivity contribution in [3.8, 4) is 0 Å². The molecular weight excluding hydrogens is 200 g/mol. The van der Waals surface area contributed by atoms with Gasteiger partial charge >= 0.3 is 0 Å². The maximum absolute atomic E-state index is 5.57. The lowest BCUT2D eigenvalue weighted by Gasteiger charge is -2.20. The number of nitrogens with two attached hydrogens (primary N) is 1. The molecule has 2 N–H and O–H groups in total. The highest BCUT2D eigenvalue weighted by Crippen LogP contribution is 2.28. The Morgan fingerprint density at radius 2 is 2.38 bits per heavy atom. The van der Waals surface area contributed by atoms with E-state index < -0.39 is 0 Å². The Morgan fingerprint density at radius 1 is 1.56 bits per heavy atom. The van der Waals surface area contributed by atoms with Crippen molar-refractivity contribution in [3.05, 3.63) is 18.0 Å². The Morgan fingerprint density at radius 3 is 2.94 bits per heavy atom. The van der Waals surface area contributed by atoms with Gasteiger partial charge < -0.3 is 5.73 Å². The van der Waals surface area contributed by atoms with E-state index in [-0.39, 0.29) is 0 Å². The van der Waals surface area contributed by atoms with Crippen LogP contribution in [0.1, 0.15) is 31.7 Å². The van der Waals surface area contributed by atoms with Crippen LogP contribution in [0.15, 0.2) is 12.4 Å². The van der Waals surface area contributed by atoms with Crippen LogP contribution in [-0.4, -0.2) is 33.8 Å². The lowest BCUT2D eigenvalue weighted by molar-refractivity contribution is 0.253. The van der Waals surface area contributed by atoms with Gasteiger partial charge in [0.2, 0.25) is 0 Å². The van der Waals surface area contributed by atoms with Crippen molar-refractivity contribution in [1.29, 1.82) is 0 Å². The second-order valence-corrected chi connectivity index (χ2v) is 4.55. The van der Waals surface area contributed by atoms with Crippen LogP contribution in [0.2, 0.25) is 0 Å². The monoisotopic (exact) mass is 222 g/mol. The molecule has 1 aliphatic carbocycles. The van der Waals surface area contributed by atoms with Crippen LogP contribution in [0, 0.1) is 0 Å². The lowest BCUT2D eigenvalue weighted by Crippen LogP contribution is -2.27. The van der Waals surface area contributed by atoms with E-state index in [0.717, 1.165) is 38.6 Å². The average molecular weight is 222 g/mol. The minimum absolute atomic E-state index is 0.789. The van der Waals surface area contributed by atoms with Gasteiger partial charge in [-0.25, -0.2) is 0 Å². The number of rotatable bonds is 7. The number of aryl methyl sites for hydroxylation is 1. The highest BCUT2D eigenvalue weighted by atomic mass is 15.3. The van der Waals surface area contributed by atoms with E-state index in [4.69, 9.17) is 5.73 Å². The predicted molar refractivity (Wildman–Crippen MR) is 65.0 cm³/mol. The largest absolute Gasteiger partial charge is 0.330 e. The van der Waals surface area contributed by atoms with Gasteiger partial charge in [0.1, 0.15) is 0 Å². The van der Waals surface area contributed by atoms with Crippen LogP contribution in [0.3, 0.4) is 0 Å². The van der Waals surface area contributed by atoms with Crippen LogP contribution in [0.25, 0.3) is 0 Å². The molecule has 1 fully saturated rings. The molecule has 1 saturated carbocycles. The van der Waals surface area contributed by atoms with E-state index in [1.807, 2.05) is 10.9 Å². The second kappa shape index (κ2) is 5.46. The van der Waals surface area contributed by atoms with Gasteiger partial charge in [-0.15, -0.1) is 0 Å². The molecule has 1 heterocycles. The first-order valence-corrected chi connectivity index (χ1v) is 6.29. The summed E-state index contributed by atoms with van der Waals surface area (Å²) in [5.74, 6) is 0. The third kappa shape index (κ3) is 3.06. The lowest BCUT2D eigenvalue weighted by atomic mass is 10.3. The van der Waals surface area contributed by atoms with Crippen LogP contribution in [0.5, 0.6) is 0 Å². The van der Waals surface area contributed by atoms with Gasteiger partial charge in [0.05, 0.1) is 6.20 Å². The van der Waals surface area contributed by atoms with Crippen molar-refractivity contribution < 1.29 is 0 Å². The Bertz CT molecular complexity index is 317. The zero-order valence-electron chi connectivity index (χ0n) is 10.1. The van der Waals surface area contributed by atoms with Gasteiger partial charge in [0.15, 0.2) is 0 Å². The summed E-state index contributed by atoms with van der Waals surface area (Å²) in [5, 5.41) is 4.31. The second-order valence-electron chi connectivity index (χ2n) is 4.55. The van der Waals surface area contributed by atoms with Crippen LogP contribution in [0.4, 0.5) is 0 Å². The molecule has 0 amide bonds. The number of aromatic nitrogens is 2. The molecular formula is C12H22N4. The third-order valence-corrected chi connectivity index (χ3v) is 3.11. The summed E-state index contributed by atoms with van der Waals surface area (Å²) in [5.41, 5.74) is 6.90. The Balaban J connectivity index is 1.88. The van der Waals surface area contributed by atoms with Gasteiger partial charge in [0, 0.05) is 30.9 Å². The van der Waals surface area contributed by atoms with Crippen LogP contribution >= 0.6 is 0 Å². The van der Waals surface area contributed by atoms with E-state index in [0.29, 0.717) is 0 Å². The van der Waals surface area contributed by atoms with E-state index >= 15 is 0 Å². The molecule has 0 saturated heterocycles. The topological polar surface area (TPSA) is 47.1 Å². The van der Waals surface area contributed by atoms with Crippen molar-refractivity contribution in [2.24, 2.45) is 5.73 Å². The molecule has 1 aromatic heterocycles. The van der Waals surface area contributed by atoms with Gasteiger partial charge in [0.25, 0.3) is 0 Å². The molecule has 0 radical (unpaired) electrons. The first kappa shape index (κ1) is 11.6. The molecule has 0 spiro atoms. The fourth-order valence-electron chi connectivity index (χ4n) is 2.02. The summed E-state index contributed by atoms with van der Waals surface area (Å²) in [7, 11) is 0. The Kier molecular flexibility index (Phi) is 3.96. The first-order valence-electron chi connectivity index (χ1n) is 6.29. The summed E-state index contributed by atoms with van der Waals surface area (Å²) >= 11 is 0. The van der Waals surface area contributed by atoms with E-state index in [9.17, 15) is 0 Å². The van der Waals surface area contributed by atoms with Crippen molar-refractivity contribution in [1.82, 2.24) is 14.7 Å². The third-order valence-electron chi connectivity index (χ3n) is 3.11.